The first kappa shape index (κ1) is 18.1. The van der Waals surface area contributed by atoms with E-state index in [1.165, 1.54) is 0 Å². The van der Waals surface area contributed by atoms with Crippen molar-refractivity contribution >= 4 is 23.1 Å². The molecule has 0 spiro atoms. The third-order valence-corrected chi connectivity index (χ3v) is 4.53. The molecule has 0 radical (unpaired) electrons. The van der Waals surface area contributed by atoms with Crippen LogP contribution in [0.4, 0.5) is 23.1 Å². The topological polar surface area (TPSA) is 106 Å². The van der Waals surface area contributed by atoms with Gasteiger partial charge in [0.15, 0.2) is 17.5 Å². The fraction of sp³-hybridized carbons (Fsp3) is 0.316. The summed E-state index contributed by atoms with van der Waals surface area (Å²) in [6.07, 6.45) is 3.56. The summed E-state index contributed by atoms with van der Waals surface area (Å²) in [6, 6.07) is 7.94. The molecule has 9 nitrogen and oxygen atoms in total. The normalized spacial score (nSPS) is 15.8. The van der Waals surface area contributed by atoms with Crippen molar-refractivity contribution in [3.05, 3.63) is 47.8 Å². The van der Waals surface area contributed by atoms with Gasteiger partial charge in [-0.3, -0.25) is 0 Å². The summed E-state index contributed by atoms with van der Waals surface area (Å²) in [4.78, 5) is 11.0. The quantitative estimate of drug-likeness (QED) is 0.505. The van der Waals surface area contributed by atoms with Crippen molar-refractivity contribution in [1.29, 1.82) is 0 Å². The van der Waals surface area contributed by atoms with Crippen molar-refractivity contribution in [2.24, 2.45) is 10.2 Å². The number of rotatable bonds is 6. The Morgan fingerprint density at radius 1 is 1.29 bits per heavy atom. The molecular formula is C19H23N9. The Kier molecular flexibility index (Phi) is 4.74. The van der Waals surface area contributed by atoms with Crippen molar-refractivity contribution in [2.75, 3.05) is 37.9 Å². The molecule has 9 heteroatoms. The van der Waals surface area contributed by atoms with Gasteiger partial charge in [0.05, 0.1) is 12.2 Å². The zero-order valence-corrected chi connectivity index (χ0v) is 16.4. The number of aryl methyl sites for hydroxylation is 1. The predicted molar refractivity (Wildman–Crippen MR) is 109 cm³/mol. The Balaban J connectivity index is 1.77. The van der Waals surface area contributed by atoms with Crippen molar-refractivity contribution < 1.29 is 0 Å². The van der Waals surface area contributed by atoms with E-state index < -0.39 is 0 Å². The Morgan fingerprint density at radius 2 is 2.11 bits per heavy atom. The summed E-state index contributed by atoms with van der Waals surface area (Å²) in [6.45, 7) is 2.92. The van der Waals surface area contributed by atoms with Gasteiger partial charge >= 0.3 is 0 Å². The second kappa shape index (κ2) is 7.35. The summed E-state index contributed by atoms with van der Waals surface area (Å²) < 4.78 is 1.72. The van der Waals surface area contributed by atoms with Crippen LogP contribution in [-0.2, 0) is 0 Å². The lowest BCUT2D eigenvalue weighted by atomic mass is 10.2. The van der Waals surface area contributed by atoms with Gasteiger partial charge in [-0.1, -0.05) is 6.07 Å². The van der Waals surface area contributed by atoms with E-state index in [1.807, 2.05) is 63.4 Å². The van der Waals surface area contributed by atoms with Gasteiger partial charge in [0, 0.05) is 39.4 Å². The molecule has 2 N–H and O–H groups in total. The molecule has 1 aliphatic rings. The second-order valence-electron chi connectivity index (χ2n) is 6.82. The summed E-state index contributed by atoms with van der Waals surface area (Å²) in [5, 5.41) is 20.0. The van der Waals surface area contributed by atoms with Crippen LogP contribution in [0, 0.1) is 6.92 Å². The highest BCUT2D eigenvalue weighted by Crippen LogP contribution is 2.36. The van der Waals surface area contributed by atoms with Crippen LogP contribution >= 0.6 is 0 Å². The largest absolute Gasteiger partial charge is 0.371 e. The fourth-order valence-electron chi connectivity index (χ4n) is 2.90. The predicted octanol–water partition coefficient (Wildman–Crippen LogP) is 3.14. The van der Waals surface area contributed by atoms with Crippen LogP contribution in [0.1, 0.15) is 17.2 Å². The van der Waals surface area contributed by atoms with Crippen LogP contribution in [0.3, 0.4) is 0 Å². The van der Waals surface area contributed by atoms with Gasteiger partial charge in [0.1, 0.15) is 11.5 Å². The van der Waals surface area contributed by atoms with Gasteiger partial charge in [0.25, 0.3) is 0 Å². The molecule has 0 aliphatic carbocycles. The first-order valence-electron chi connectivity index (χ1n) is 9.09. The second-order valence-corrected chi connectivity index (χ2v) is 6.82. The Labute approximate surface area is 163 Å². The molecule has 1 saturated heterocycles. The maximum absolute atomic E-state index is 4.62. The number of hydrogen-bond acceptors (Lipinski definition) is 8. The summed E-state index contributed by atoms with van der Waals surface area (Å²) in [7, 11) is 5.75. The molecule has 1 atom stereocenters. The summed E-state index contributed by atoms with van der Waals surface area (Å²) in [5.41, 5.74) is 2.70. The van der Waals surface area contributed by atoms with E-state index >= 15 is 0 Å². The van der Waals surface area contributed by atoms with E-state index in [0.29, 0.717) is 23.1 Å². The molecule has 1 aliphatic heterocycles. The minimum absolute atomic E-state index is 0.255. The highest BCUT2D eigenvalue weighted by molar-refractivity contribution is 5.68. The molecular weight excluding hydrogens is 354 g/mol. The molecule has 0 aromatic carbocycles. The molecule has 144 valence electrons. The van der Waals surface area contributed by atoms with Crippen LogP contribution in [-0.4, -0.2) is 47.4 Å². The lowest BCUT2D eigenvalue weighted by molar-refractivity contribution is 0.838. The van der Waals surface area contributed by atoms with Crippen LogP contribution in [0.25, 0.3) is 5.82 Å². The maximum Gasteiger partial charge on any atom is 0.184 e. The zero-order valence-electron chi connectivity index (χ0n) is 16.4. The highest BCUT2D eigenvalue weighted by Gasteiger charge is 2.29. The lowest BCUT2D eigenvalue weighted by Crippen LogP contribution is -2.11. The Bertz CT molecular complexity index is 1000. The molecule has 4 heterocycles. The number of aromatic nitrogens is 4. The molecule has 0 bridgehead atoms. The molecule has 1 unspecified atom stereocenters. The van der Waals surface area contributed by atoms with Crippen LogP contribution in [0.5, 0.6) is 0 Å². The standard InChI is InChI=1S/C19H23N9/c1-12-9-16(27(3)4)24-18(20-2)17(12)25-26-19-13(14-11-22-14)10-23-28(19)15-7-5-6-8-21-15/h5-10,14,22H,11H2,1-4H3,(H,20,24)/b26-25+. The van der Waals surface area contributed by atoms with Crippen LogP contribution in [0.15, 0.2) is 46.9 Å². The van der Waals surface area contributed by atoms with E-state index in [0.717, 1.165) is 23.5 Å². The van der Waals surface area contributed by atoms with Crippen molar-refractivity contribution in [3.63, 3.8) is 0 Å². The molecule has 4 rings (SSSR count). The molecule has 28 heavy (non-hydrogen) atoms. The van der Waals surface area contributed by atoms with Gasteiger partial charge in [0.2, 0.25) is 0 Å². The summed E-state index contributed by atoms with van der Waals surface area (Å²) in [5.74, 6) is 2.92. The molecule has 1 fully saturated rings. The number of pyridine rings is 2. The highest BCUT2D eigenvalue weighted by atomic mass is 15.4. The maximum atomic E-state index is 4.62. The number of nitrogens with one attached hydrogen (secondary N) is 2. The fourth-order valence-corrected chi connectivity index (χ4v) is 2.90. The van der Waals surface area contributed by atoms with Gasteiger partial charge in [-0.25, -0.2) is 9.97 Å². The van der Waals surface area contributed by atoms with Gasteiger partial charge in [-0.05, 0) is 30.7 Å². The van der Waals surface area contributed by atoms with E-state index in [-0.39, 0.29) is 6.04 Å². The lowest BCUT2D eigenvalue weighted by Gasteiger charge is -2.15. The number of anilines is 2. The zero-order chi connectivity index (χ0) is 19.7. The number of hydrogen-bond donors (Lipinski definition) is 2. The smallest absolute Gasteiger partial charge is 0.184 e. The van der Waals surface area contributed by atoms with Gasteiger partial charge in [-0.15, -0.1) is 10.2 Å². The van der Waals surface area contributed by atoms with E-state index in [1.54, 1.807) is 10.9 Å². The third-order valence-electron chi connectivity index (χ3n) is 4.53. The van der Waals surface area contributed by atoms with E-state index in [2.05, 4.69) is 35.9 Å². The Hall–Kier alpha value is -3.33. The number of nitrogens with zero attached hydrogens (tertiary/aromatic N) is 7. The SMILES string of the molecule is CNc1nc(N(C)C)cc(C)c1/N=N/c1c(C2CN2)cnn1-c1ccccn1. The van der Waals surface area contributed by atoms with Crippen molar-refractivity contribution in [3.8, 4) is 5.82 Å². The molecule has 3 aromatic rings. The average Bonchev–Trinajstić information content (AvgIpc) is 3.46. The monoisotopic (exact) mass is 377 g/mol. The minimum Gasteiger partial charge on any atom is -0.371 e. The summed E-state index contributed by atoms with van der Waals surface area (Å²) >= 11 is 0. The van der Waals surface area contributed by atoms with Crippen LogP contribution < -0.4 is 15.5 Å². The Morgan fingerprint density at radius 3 is 2.75 bits per heavy atom. The minimum atomic E-state index is 0.255. The third kappa shape index (κ3) is 3.44. The van der Waals surface area contributed by atoms with Gasteiger partial charge in [-0.2, -0.15) is 9.78 Å². The van der Waals surface area contributed by atoms with Gasteiger partial charge < -0.3 is 15.5 Å². The molecule has 0 saturated carbocycles. The average molecular weight is 377 g/mol. The van der Waals surface area contributed by atoms with Crippen molar-refractivity contribution in [2.45, 2.75) is 13.0 Å². The van der Waals surface area contributed by atoms with E-state index in [9.17, 15) is 0 Å². The first-order valence-corrected chi connectivity index (χ1v) is 9.09. The number of azo groups is 1. The van der Waals surface area contributed by atoms with E-state index in [4.69, 9.17) is 0 Å². The molecule has 0 amide bonds. The molecule has 3 aromatic heterocycles. The first-order chi connectivity index (χ1) is 13.6. The van der Waals surface area contributed by atoms with Crippen LogP contribution in [0.2, 0.25) is 0 Å². The van der Waals surface area contributed by atoms with Crippen molar-refractivity contribution in [1.82, 2.24) is 25.1 Å².